The van der Waals surface area contributed by atoms with E-state index in [-0.39, 0.29) is 30.5 Å². The highest BCUT2D eigenvalue weighted by molar-refractivity contribution is 6.01. The number of rotatable bonds is 3. The molecule has 9 heteroatoms. The van der Waals surface area contributed by atoms with Gasteiger partial charge in [0.1, 0.15) is 0 Å². The van der Waals surface area contributed by atoms with Crippen molar-refractivity contribution < 1.29 is 43.2 Å². The molecule has 0 aromatic carbocycles. The van der Waals surface area contributed by atoms with E-state index < -0.39 is 70.9 Å². The number of fused-ring (bicyclic) bond motifs is 5. The number of alkyl halides is 1. The minimum absolute atomic E-state index is 0.0449. The summed E-state index contributed by atoms with van der Waals surface area (Å²) in [6.45, 7) is 3.27. The van der Waals surface area contributed by atoms with Crippen LogP contribution < -0.4 is 0 Å². The maximum atomic E-state index is 17.1. The molecule has 3 saturated carbocycles. The van der Waals surface area contributed by atoms with Crippen LogP contribution in [0.4, 0.5) is 8.78 Å². The van der Waals surface area contributed by atoms with E-state index in [2.05, 4.69) is 0 Å². The summed E-state index contributed by atoms with van der Waals surface area (Å²) >= 11 is 0. The predicted octanol–water partition coefficient (Wildman–Crippen LogP) is 1.65. The van der Waals surface area contributed by atoms with Gasteiger partial charge in [-0.25, -0.2) is 8.78 Å². The van der Waals surface area contributed by atoms with Crippen LogP contribution in [0.2, 0.25) is 0 Å². The number of carbonyl (C=O) groups excluding carboxylic acids is 3. The third-order valence-corrected chi connectivity index (χ3v) is 8.72. The van der Waals surface area contributed by atoms with Crippen LogP contribution in [0.15, 0.2) is 35.7 Å². The molecule has 0 aliphatic heterocycles. The van der Waals surface area contributed by atoms with Crippen molar-refractivity contribution in [2.75, 3.05) is 6.61 Å². The Morgan fingerprint density at radius 3 is 2.55 bits per heavy atom. The van der Waals surface area contributed by atoms with E-state index in [0.717, 1.165) is 6.92 Å². The standard InChI is InChI=1S/C24H28F2O7/c1-12(27)33-11-19(31)24(32)14(10-25)7-16-20-17(29)8-13-6-15(28)4-5-21(13,2)23(20,26)18(30)9-22(16,24)3/h4-6,10,16-18,20,29-30,32H,7-9,11H2,1-3H3/t16-,17?,18?,20+,21-,22-,23+,24-/m0/s1. The fourth-order valence-corrected chi connectivity index (χ4v) is 6.99. The fourth-order valence-electron chi connectivity index (χ4n) is 6.99. The monoisotopic (exact) mass is 466 g/mol. The summed E-state index contributed by atoms with van der Waals surface area (Å²) in [7, 11) is 0. The molecular weight excluding hydrogens is 438 g/mol. The molecule has 4 rings (SSSR count). The number of aliphatic hydroxyl groups excluding tert-OH is 2. The van der Waals surface area contributed by atoms with Gasteiger partial charge >= 0.3 is 5.97 Å². The molecule has 2 unspecified atom stereocenters. The van der Waals surface area contributed by atoms with Crippen molar-refractivity contribution >= 4 is 17.5 Å². The van der Waals surface area contributed by atoms with Crippen LogP contribution in [-0.4, -0.2) is 62.9 Å². The lowest BCUT2D eigenvalue weighted by Gasteiger charge is -2.63. The highest BCUT2D eigenvalue weighted by Crippen LogP contribution is 2.70. The molecule has 0 aromatic heterocycles. The number of ether oxygens (including phenoxy) is 1. The number of carbonyl (C=O) groups is 3. The van der Waals surface area contributed by atoms with Gasteiger partial charge in [-0.05, 0) is 49.8 Å². The molecule has 0 bridgehead atoms. The molecule has 0 aromatic rings. The van der Waals surface area contributed by atoms with Crippen LogP contribution in [0.5, 0.6) is 0 Å². The molecule has 0 saturated heterocycles. The van der Waals surface area contributed by atoms with Gasteiger partial charge < -0.3 is 20.1 Å². The van der Waals surface area contributed by atoms with Gasteiger partial charge in [-0.3, -0.25) is 14.4 Å². The van der Waals surface area contributed by atoms with Crippen LogP contribution in [0.1, 0.15) is 40.0 Å². The summed E-state index contributed by atoms with van der Waals surface area (Å²) in [5.74, 6) is -4.28. The van der Waals surface area contributed by atoms with Gasteiger partial charge in [0.05, 0.1) is 18.5 Å². The third-order valence-electron chi connectivity index (χ3n) is 8.72. The second kappa shape index (κ2) is 7.38. The molecule has 3 fully saturated rings. The molecule has 0 spiro atoms. The van der Waals surface area contributed by atoms with Gasteiger partial charge in [-0.1, -0.05) is 18.6 Å². The first kappa shape index (κ1) is 23.9. The van der Waals surface area contributed by atoms with Gasteiger partial charge in [0, 0.05) is 23.7 Å². The number of esters is 1. The lowest BCUT2D eigenvalue weighted by molar-refractivity contribution is -0.236. The summed E-state index contributed by atoms with van der Waals surface area (Å²) in [5, 5.41) is 33.8. The highest BCUT2D eigenvalue weighted by atomic mass is 19.1. The van der Waals surface area contributed by atoms with E-state index in [1.165, 1.54) is 25.2 Å². The van der Waals surface area contributed by atoms with Crippen molar-refractivity contribution in [2.45, 2.75) is 63.5 Å². The number of ketones is 2. The molecule has 7 nitrogen and oxygen atoms in total. The first-order valence-corrected chi connectivity index (χ1v) is 11.0. The number of Topliss-reactive ketones (excluding diaryl/α,β-unsaturated/α-hetero) is 1. The molecule has 0 amide bonds. The van der Waals surface area contributed by atoms with Gasteiger partial charge in [-0.15, -0.1) is 0 Å². The molecule has 180 valence electrons. The second-order valence-corrected chi connectivity index (χ2v) is 10.2. The van der Waals surface area contributed by atoms with Crippen molar-refractivity contribution in [3.05, 3.63) is 35.7 Å². The topological polar surface area (TPSA) is 121 Å². The SMILES string of the molecule is CC(=O)OCC(=O)[C@@]1(O)C(=CF)C[C@H]2[C@@H]3C(O)CC4=CC(=O)C=C[C@]4(C)[C@@]3(F)C(O)C[C@@]21C. The Bertz CT molecular complexity index is 1020. The maximum absolute atomic E-state index is 17.1. The normalized spacial score (nSPS) is 47.5. The average molecular weight is 466 g/mol. The number of halogens is 2. The Labute approximate surface area is 189 Å². The van der Waals surface area contributed by atoms with E-state index in [0.29, 0.717) is 5.57 Å². The number of allylic oxidation sites excluding steroid dienone is 3. The van der Waals surface area contributed by atoms with Gasteiger partial charge in [0.25, 0.3) is 0 Å². The molecule has 0 radical (unpaired) electrons. The Hall–Kier alpha value is -2.23. The zero-order valence-corrected chi connectivity index (χ0v) is 18.7. The number of hydrogen-bond acceptors (Lipinski definition) is 7. The van der Waals surface area contributed by atoms with E-state index in [1.54, 1.807) is 6.92 Å². The Morgan fingerprint density at radius 1 is 1.27 bits per heavy atom. The van der Waals surface area contributed by atoms with Gasteiger partial charge in [-0.2, -0.15) is 0 Å². The summed E-state index contributed by atoms with van der Waals surface area (Å²) < 4.78 is 35.8. The van der Waals surface area contributed by atoms with Crippen LogP contribution in [0.3, 0.4) is 0 Å². The maximum Gasteiger partial charge on any atom is 0.303 e. The smallest absolute Gasteiger partial charge is 0.303 e. The third kappa shape index (κ3) is 2.85. The number of aliphatic hydroxyl groups is 3. The first-order chi connectivity index (χ1) is 15.3. The first-order valence-electron chi connectivity index (χ1n) is 11.0. The molecule has 33 heavy (non-hydrogen) atoms. The van der Waals surface area contributed by atoms with Crippen LogP contribution >= 0.6 is 0 Å². The molecular formula is C24H28F2O7. The Kier molecular flexibility index (Phi) is 5.35. The van der Waals surface area contributed by atoms with Crippen LogP contribution in [-0.2, 0) is 19.1 Å². The van der Waals surface area contributed by atoms with Crippen molar-refractivity contribution in [1.29, 1.82) is 0 Å². The zero-order chi connectivity index (χ0) is 24.6. The Balaban J connectivity index is 1.84. The zero-order valence-electron chi connectivity index (χ0n) is 18.7. The quantitative estimate of drug-likeness (QED) is 0.541. The van der Waals surface area contributed by atoms with E-state index in [4.69, 9.17) is 4.74 Å². The number of hydrogen-bond donors (Lipinski definition) is 3. The average Bonchev–Trinajstić information content (AvgIpc) is 2.96. The van der Waals surface area contributed by atoms with Crippen molar-refractivity contribution in [3.63, 3.8) is 0 Å². The van der Waals surface area contributed by atoms with Gasteiger partial charge in [0.15, 0.2) is 23.7 Å². The van der Waals surface area contributed by atoms with Crippen molar-refractivity contribution in [1.82, 2.24) is 0 Å². The van der Waals surface area contributed by atoms with Crippen LogP contribution in [0, 0.1) is 22.7 Å². The molecule has 0 heterocycles. The van der Waals surface area contributed by atoms with Crippen molar-refractivity contribution in [2.24, 2.45) is 22.7 Å². The molecule has 3 N–H and O–H groups in total. The van der Waals surface area contributed by atoms with E-state index in [1.807, 2.05) is 0 Å². The fraction of sp³-hybridized carbons (Fsp3) is 0.625. The minimum atomic E-state index is -2.46. The highest BCUT2D eigenvalue weighted by Gasteiger charge is 2.77. The lowest BCUT2D eigenvalue weighted by atomic mass is 9.44. The predicted molar refractivity (Wildman–Crippen MR) is 111 cm³/mol. The molecule has 8 atom stereocenters. The minimum Gasteiger partial charge on any atom is -0.458 e. The van der Waals surface area contributed by atoms with Crippen LogP contribution in [0.25, 0.3) is 0 Å². The summed E-state index contributed by atoms with van der Waals surface area (Å²) in [5.41, 5.74) is -7.81. The summed E-state index contributed by atoms with van der Waals surface area (Å²) in [6, 6.07) is 0. The second-order valence-electron chi connectivity index (χ2n) is 10.2. The Morgan fingerprint density at radius 2 is 1.94 bits per heavy atom. The lowest BCUT2D eigenvalue weighted by Crippen LogP contribution is -2.71. The summed E-state index contributed by atoms with van der Waals surface area (Å²) in [4.78, 5) is 36.1. The van der Waals surface area contributed by atoms with E-state index >= 15 is 4.39 Å². The molecule has 4 aliphatic carbocycles. The molecule has 4 aliphatic rings. The summed E-state index contributed by atoms with van der Waals surface area (Å²) in [6.07, 6.45) is 0.197. The largest absolute Gasteiger partial charge is 0.458 e. The van der Waals surface area contributed by atoms with Gasteiger partial charge in [0.2, 0.25) is 5.78 Å². The van der Waals surface area contributed by atoms with E-state index in [9.17, 15) is 34.1 Å². The van der Waals surface area contributed by atoms with Crippen molar-refractivity contribution in [3.8, 4) is 0 Å².